The molecule has 0 N–H and O–H groups in total. The topological polar surface area (TPSA) is 65.2 Å². The van der Waals surface area contributed by atoms with Gasteiger partial charge in [-0.1, -0.05) is 30.3 Å². The minimum Gasteiger partial charge on any atom is -0.469 e. The highest BCUT2D eigenvalue weighted by molar-refractivity contribution is 7.99. The molecule has 6 heteroatoms. The number of carbonyl (C=O) groups is 1. The van der Waals surface area contributed by atoms with Crippen LogP contribution in [0.2, 0.25) is 0 Å². The van der Waals surface area contributed by atoms with Crippen molar-refractivity contribution >= 4 is 17.7 Å². The van der Waals surface area contributed by atoms with Crippen LogP contribution in [0.1, 0.15) is 19.2 Å². The fraction of sp³-hybridized carbons (Fsp3) is 0.357. The molecule has 20 heavy (non-hydrogen) atoms. The summed E-state index contributed by atoms with van der Waals surface area (Å²) in [6.45, 7) is 1.97. The van der Waals surface area contributed by atoms with Crippen molar-refractivity contribution in [2.75, 3.05) is 7.11 Å². The molecule has 0 amide bonds. The molecule has 1 atom stereocenters. The molecule has 1 unspecified atom stereocenters. The van der Waals surface area contributed by atoms with Crippen molar-refractivity contribution in [3.63, 3.8) is 0 Å². The van der Waals surface area contributed by atoms with Crippen molar-refractivity contribution in [2.24, 2.45) is 0 Å². The Morgan fingerprint density at radius 3 is 2.85 bits per heavy atom. The summed E-state index contributed by atoms with van der Waals surface area (Å²) in [5.74, 6) is 1.55. The van der Waals surface area contributed by atoms with E-state index in [1.807, 2.05) is 37.3 Å². The molecule has 2 aromatic rings. The van der Waals surface area contributed by atoms with Crippen molar-refractivity contribution < 1.29 is 14.1 Å². The molecule has 0 aliphatic carbocycles. The Hall–Kier alpha value is -1.82. The average molecular weight is 292 g/mol. The van der Waals surface area contributed by atoms with E-state index in [1.165, 1.54) is 7.11 Å². The molecular weight excluding hydrogens is 276 g/mol. The van der Waals surface area contributed by atoms with Gasteiger partial charge in [0.05, 0.1) is 19.3 Å². The fourth-order valence-electron chi connectivity index (χ4n) is 1.60. The number of carbonyl (C=O) groups excluding carboxylic acids is 1. The molecule has 0 saturated carbocycles. The second-order valence-electron chi connectivity index (χ2n) is 4.28. The number of ether oxygens (including phenoxy) is 1. The number of thioether (sulfide) groups is 1. The van der Waals surface area contributed by atoms with Gasteiger partial charge in [-0.15, -0.1) is 11.8 Å². The first-order valence-corrected chi connectivity index (χ1v) is 7.30. The van der Waals surface area contributed by atoms with Gasteiger partial charge in [-0.05, 0) is 12.1 Å². The number of benzene rings is 1. The molecular formula is C14H16N2O3S. The lowest BCUT2D eigenvalue weighted by molar-refractivity contribution is -0.140. The zero-order valence-electron chi connectivity index (χ0n) is 11.4. The highest BCUT2D eigenvalue weighted by Gasteiger charge is 2.13. The van der Waals surface area contributed by atoms with Crippen LogP contribution in [0.15, 0.2) is 34.9 Å². The summed E-state index contributed by atoms with van der Waals surface area (Å²) >= 11 is 1.60. The number of methoxy groups -OCH3 is 1. The summed E-state index contributed by atoms with van der Waals surface area (Å²) in [5, 5.41) is 4.09. The standard InChI is InChI=1S/C14H16N2O3S/c1-10(8-13(17)18-2)20-9-12-15-14(19-16-12)11-6-4-3-5-7-11/h3-7,10H,8-9H2,1-2H3. The second kappa shape index (κ2) is 7.09. The van der Waals surface area contributed by atoms with Crippen LogP contribution in [0.5, 0.6) is 0 Å². The van der Waals surface area contributed by atoms with Gasteiger partial charge in [0.15, 0.2) is 5.82 Å². The Balaban J connectivity index is 1.89. The molecule has 0 saturated heterocycles. The van der Waals surface area contributed by atoms with Gasteiger partial charge in [0.2, 0.25) is 0 Å². The molecule has 0 fully saturated rings. The van der Waals surface area contributed by atoms with Gasteiger partial charge in [-0.25, -0.2) is 0 Å². The van der Waals surface area contributed by atoms with Crippen LogP contribution in [0.4, 0.5) is 0 Å². The third-order valence-electron chi connectivity index (χ3n) is 2.67. The molecule has 2 rings (SSSR count). The van der Waals surface area contributed by atoms with Gasteiger partial charge in [0.25, 0.3) is 5.89 Å². The molecule has 5 nitrogen and oxygen atoms in total. The van der Waals surface area contributed by atoms with Crippen LogP contribution < -0.4 is 0 Å². The maximum absolute atomic E-state index is 11.1. The van der Waals surface area contributed by atoms with E-state index in [0.29, 0.717) is 23.9 Å². The van der Waals surface area contributed by atoms with Gasteiger partial charge in [0.1, 0.15) is 0 Å². The Morgan fingerprint density at radius 2 is 2.15 bits per heavy atom. The summed E-state index contributed by atoms with van der Waals surface area (Å²) in [4.78, 5) is 15.5. The van der Waals surface area contributed by atoms with E-state index in [4.69, 9.17) is 4.52 Å². The average Bonchev–Trinajstić information content (AvgIpc) is 2.95. The third-order valence-corrected chi connectivity index (χ3v) is 3.83. The maximum Gasteiger partial charge on any atom is 0.306 e. The van der Waals surface area contributed by atoms with Crippen LogP contribution in [0.25, 0.3) is 11.5 Å². The quantitative estimate of drug-likeness (QED) is 0.763. The first-order chi connectivity index (χ1) is 9.69. The second-order valence-corrected chi connectivity index (χ2v) is 5.71. The van der Waals surface area contributed by atoms with Crippen LogP contribution in [-0.2, 0) is 15.3 Å². The maximum atomic E-state index is 11.1. The van der Waals surface area contributed by atoms with Gasteiger partial charge in [0, 0.05) is 10.8 Å². The predicted octanol–water partition coefficient (Wildman–Crippen LogP) is 2.92. The van der Waals surface area contributed by atoms with Crippen molar-refractivity contribution in [3.8, 4) is 11.5 Å². The first-order valence-electron chi connectivity index (χ1n) is 6.25. The first kappa shape index (κ1) is 14.6. The van der Waals surface area contributed by atoms with Crippen molar-refractivity contribution in [3.05, 3.63) is 36.2 Å². The fourth-order valence-corrected chi connectivity index (χ4v) is 2.41. The number of esters is 1. The van der Waals surface area contributed by atoms with E-state index < -0.39 is 0 Å². The third kappa shape index (κ3) is 4.09. The van der Waals surface area contributed by atoms with E-state index in [9.17, 15) is 4.79 Å². The largest absolute Gasteiger partial charge is 0.469 e. The van der Waals surface area contributed by atoms with Gasteiger partial charge < -0.3 is 9.26 Å². The summed E-state index contributed by atoms with van der Waals surface area (Å²) in [6, 6.07) is 9.62. The molecule has 0 aliphatic rings. The molecule has 1 heterocycles. The smallest absolute Gasteiger partial charge is 0.306 e. The van der Waals surface area contributed by atoms with Gasteiger partial charge in [-0.3, -0.25) is 4.79 Å². The molecule has 0 bridgehead atoms. The molecule has 1 aromatic heterocycles. The Kier molecular flexibility index (Phi) is 5.17. The minimum atomic E-state index is -0.205. The summed E-state index contributed by atoms with van der Waals surface area (Å²) in [7, 11) is 1.39. The van der Waals surface area contributed by atoms with Crippen LogP contribution in [0.3, 0.4) is 0 Å². The molecule has 1 aromatic carbocycles. The minimum absolute atomic E-state index is 0.154. The SMILES string of the molecule is COC(=O)CC(C)SCc1noc(-c2ccccc2)n1. The Morgan fingerprint density at radius 1 is 1.40 bits per heavy atom. The van der Waals surface area contributed by atoms with E-state index in [2.05, 4.69) is 14.9 Å². The summed E-state index contributed by atoms with van der Waals surface area (Å²) in [5.41, 5.74) is 0.902. The number of nitrogens with zero attached hydrogens (tertiary/aromatic N) is 2. The van der Waals surface area contributed by atoms with E-state index in [0.717, 1.165) is 5.56 Å². The number of hydrogen-bond acceptors (Lipinski definition) is 6. The van der Waals surface area contributed by atoms with Gasteiger partial charge in [-0.2, -0.15) is 4.98 Å². The van der Waals surface area contributed by atoms with Crippen molar-refractivity contribution in [1.82, 2.24) is 10.1 Å². The van der Waals surface area contributed by atoms with Crippen molar-refractivity contribution in [1.29, 1.82) is 0 Å². The van der Waals surface area contributed by atoms with E-state index in [-0.39, 0.29) is 11.2 Å². The van der Waals surface area contributed by atoms with E-state index in [1.54, 1.807) is 11.8 Å². The number of hydrogen-bond donors (Lipinski definition) is 0. The predicted molar refractivity (Wildman–Crippen MR) is 77.1 cm³/mol. The normalized spacial score (nSPS) is 12.1. The Labute approximate surface area is 121 Å². The van der Waals surface area contributed by atoms with Crippen LogP contribution >= 0.6 is 11.8 Å². The molecule has 0 spiro atoms. The highest BCUT2D eigenvalue weighted by Crippen LogP contribution is 2.21. The summed E-state index contributed by atoms with van der Waals surface area (Å²) in [6.07, 6.45) is 0.380. The van der Waals surface area contributed by atoms with Crippen LogP contribution in [0, 0.1) is 0 Å². The van der Waals surface area contributed by atoms with Gasteiger partial charge >= 0.3 is 5.97 Å². The van der Waals surface area contributed by atoms with E-state index >= 15 is 0 Å². The zero-order chi connectivity index (χ0) is 14.4. The lowest BCUT2D eigenvalue weighted by Gasteiger charge is -2.07. The lowest BCUT2D eigenvalue weighted by atomic mass is 10.2. The lowest BCUT2D eigenvalue weighted by Crippen LogP contribution is -2.08. The monoisotopic (exact) mass is 292 g/mol. The van der Waals surface area contributed by atoms with Crippen molar-refractivity contribution in [2.45, 2.75) is 24.3 Å². The highest BCUT2D eigenvalue weighted by atomic mass is 32.2. The molecule has 0 aliphatic heterocycles. The Bertz CT molecular complexity index is 557. The molecule has 106 valence electrons. The van der Waals surface area contributed by atoms with Crippen LogP contribution in [-0.4, -0.2) is 28.5 Å². The number of aromatic nitrogens is 2. The summed E-state index contributed by atoms with van der Waals surface area (Å²) < 4.78 is 9.85. The molecule has 0 radical (unpaired) electrons. The number of rotatable bonds is 6. The zero-order valence-corrected chi connectivity index (χ0v) is 12.2.